The SMILES string of the molecule is COCCOCCCNC(=NCc1nnc2n1CCC2)Nc1ccc(OC(C)C)cc1. The molecule has 0 bridgehead atoms. The maximum absolute atomic E-state index is 5.72. The summed E-state index contributed by atoms with van der Waals surface area (Å²) in [5.41, 5.74) is 0.935. The second-order valence-electron chi connectivity index (χ2n) is 7.65. The number of aromatic nitrogens is 3. The fourth-order valence-corrected chi connectivity index (χ4v) is 3.27. The molecule has 0 saturated carbocycles. The molecule has 1 aromatic carbocycles. The Morgan fingerprint density at radius 1 is 1.16 bits per heavy atom. The molecule has 0 fully saturated rings. The van der Waals surface area contributed by atoms with Crippen molar-refractivity contribution in [3.8, 4) is 5.75 Å². The maximum atomic E-state index is 5.72. The van der Waals surface area contributed by atoms with Crippen LogP contribution in [0.25, 0.3) is 0 Å². The van der Waals surface area contributed by atoms with Crippen LogP contribution in [0.5, 0.6) is 5.75 Å². The summed E-state index contributed by atoms with van der Waals surface area (Å²) in [5, 5.41) is 15.3. The van der Waals surface area contributed by atoms with E-state index in [1.165, 1.54) is 0 Å². The number of nitrogens with one attached hydrogen (secondary N) is 2. The van der Waals surface area contributed by atoms with E-state index in [1.807, 2.05) is 38.1 Å². The molecule has 1 aliphatic rings. The molecule has 0 radical (unpaired) electrons. The molecule has 3 rings (SSSR count). The first-order valence-electron chi connectivity index (χ1n) is 11.0. The molecule has 0 atom stereocenters. The Labute approximate surface area is 184 Å². The van der Waals surface area contributed by atoms with E-state index in [-0.39, 0.29) is 6.10 Å². The van der Waals surface area contributed by atoms with Gasteiger partial charge in [0.2, 0.25) is 0 Å². The molecule has 0 unspecified atom stereocenters. The number of aryl methyl sites for hydroxylation is 1. The number of fused-ring (bicyclic) bond motifs is 1. The number of benzene rings is 1. The summed E-state index contributed by atoms with van der Waals surface area (Å²) in [7, 11) is 1.67. The van der Waals surface area contributed by atoms with Gasteiger partial charge in [-0.25, -0.2) is 4.99 Å². The fourth-order valence-electron chi connectivity index (χ4n) is 3.27. The van der Waals surface area contributed by atoms with Gasteiger partial charge in [0.25, 0.3) is 0 Å². The minimum Gasteiger partial charge on any atom is -0.491 e. The van der Waals surface area contributed by atoms with E-state index < -0.39 is 0 Å². The lowest BCUT2D eigenvalue weighted by molar-refractivity contribution is 0.0699. The Bertz CT molecular complexity index is 819. The smallest absolute Gasteiger partial charge is 0.196 e. The van der Waals surface area contributed by atoms with Gasteiger partial charge >= 0.3 is 0 Å². The van der Waals surface area contributed by atoms with Crippen molar-refractivity contribution in [3.63, 3.8) is 0 Å². The van der Waals surface area contributed by atoms with E-state index in [1.54, 1.807) is 7.11 Å². The molecular formula is C22H34N6O3. The molecule has 0 aliphatic carbocycles. The van der Waals surface area contributed by atoms with Gasteiger partial charge in [-0.3, -0.25) is 0 Å². The first kappa shape index (κ1) is 23.0. The number of methoxy groups -OCH3 is 1. The van der Waals surface area contributed by atoms with Crippen molar-refractivity contribution in [2.24, 2.45) is 4.99 Å². The zero-order valence-corrected chi connectivity index (χ0v) is 18.8. The monoisotopic (exact) mass is 430 g/mol. The lowest BCUT2D eigenvalue weighted by Crippen LogP contribution is -2.32. The number of ether oxygens (including phenoxy) is 3. The Morgan fingerprint density at radius 2 is 2.00 bits per heavy atom. The number of aliphatic imine (C=N–C) groups is 1. The number of anilines is 1. The summed E-state index contributed by atoms with van der Waals surface area (Å²) < 4.78 is 18.4. The van der Waals surface area contributed by atoms with Crippen molar-refractivity contribution in [2.45, 2.75) is 52.3 Å². The molecule has 2 aromatic rings. The maximum Gasteiger partial charge on any atom is 0.196 e. The molecule has 0 amide bonds. The lowest BCUT2D eigenvalue weighted by atomic mass is 10.3. The Kier molecular flexibility index (Phi) is 9.11. The highest BCUT2D eigenvalue weighted by atomic mass is 16.5. The van der Waals surface area contributed by atoms with Gasteiger partial charge in [0.05, 0.1) is 19.3 Å². The van der Waals surface area contributed by atoms with Gasteiger partial charge in [0.15, 0.2) is 11.8 Å². The van der Waals surface area contributed by atoms with Crippen molar-refractivity contribution < 1.29 is 14.2 Å². The van der Waals surface area contributed by atoms with Crippen LogP contribution in [0.1, 0.15) is 38.3 Å². The zero-order chi connectivity index (χ0) is 21.9. The van der Waals surface area contributed by atoms with Crippen LogP contribution in [0.15, 0.2) is 29.3 Å². The topological polar surface area (TPSA) is 94.8 Å². The van der Waals surface area contributed by atoms with Crippen LogP contribution in [0.2, 0.25) is 0 Å². The molecule has 0 spiro atoms. The normalized spacial score (nSPS) is 13.5. The molecule has 170 valence electrons. The number of hydrogen-bond acceptors (Lipinski definition) is 6. The largest absolute Gasteiger partial charge is 0.491 e. The third-order valence-corrected chi connectivity index (χ3v) is 4.74. The number of rotatable bonds is 12. The van der Waals surface area contributed by atoms with Crippen molar-refractivity contribution in [2.75, 3.05) is 38.8 Å². The minimum absolute atomic E-state index is 0.147. The van der Waals surface area contributed by atoms with E-state index in [4.69, 9.17) is 19.2 Å². The second-order valence-corrected chi connectivity index (χ2v) is 7.65. The fraction of sp³-hybridized carbons (Fsp3) is 0.591. The third-order valence-electron chi connectivity index (χ3n) is 4.74. The van der Waals surface area contributed by atoms with Crippen LogP contribution in [0, 0.1) is 0 Å². The summed E-state index contributed by atoms with van der Waals surface area (Å²) in [4.78, 5) is 4.74. The minimum atomic E-state index is 0.147. The Balaban J connectivity index is 1.58. The first-order valence-corrected chi connectivity index (χ1v) is 11.0. The van der Waals surface area contributed by atoms with Crippen LogP contribution in [0.3, 0.4) is 0 Å². The molecule has 2 heterocycles. The van der Waals surface area contributed by atoms with Gasteiger partial charge in [-0.05, 0) is 51.0 Å². The van der Waals surface area contributed by atoms with Gasteiger partial charge in [0, 0.05) is 38.9 Å². The predicted molar refractivity (Wildman–Crippen MR) is 121 cm³/mol. The summed E-state index contributed by atoms with van der Waals surface area (Å²) in [5.74, 6) is 3.50. The molecule has 1 aromatic heterocycles. The lowest BCUT2D eigenvalue weighted by Gasteiger charge is -2.14. The summed E-state index contributed by atoms with van der Waals surface area (Å²) in [6.45, 7) is 8.11. The van der Waals surface area contributed by atoms with Crippen LogP contribution in [-0.2, 0) is 29.0 Å². The van der Waals surface area contributed by atoms with Gasteiger partial charge in [0.1, 0.15) is 18.1 Å². The average molecular weight is 431 g/mol. The Hall–Kier alpha value is -2.65. The van der Waals surface area contributed by atoms with E-state index in [0.717, 1.165) is 55.4 Å². The van der Waals surface area contributed by atoms with Crippen LogP contribution in [-0.4, -0.2) is 60.3 Å². The summed E-state index contributed by atoms with van der Waals surface area (Å²) in [6.07, 6.45) is 3.13. The van der Waals surface area contributed by atoms with Crippen molar-refractivity contribution in [1.82, 2.24) is 20.1 Å². The first-order chi connectivity index (χ1) is 15.2. The third kappa shape index (κ3) is 7.52. The highest BCUT2D eigenvalue weighted by molar-refractivity contribution is 5.93. The van der Waals surface area contributed by atoms with Gasteiger partial charge in [-0.1, -0.05) is 0 Å². The molecule has 0 saturated heterocycles. The van der Waals surface area contributed by atoms with E-state index >= 15 is 0 Å². The number of guanidine groups is 1. The van der Waals surface area contributed by atoms with Gasteiger partial charge in [-0.2, -0.15) is 0 Å². The standard InChI is InChI=1S/C22H34N6O3/c1-17(2)31-19-9-7-18(8-10-19)25-22(23-11-5-13-30-15-14-29-3)24-16-21-27-26-20-6-4-12-28(20)21/h7-10,17H,4-6,11-16H2,1-3H3,(H2,23,24,25). The summed E-state index contributed by atoms with van der Waals surface area (Å²) in [6, 6.07) is 7.87. The molecule has 1 aliphatic heterocycles. The van der Waals surface area contributed by atoms with Gasteiger partial charge in [-0.15, -0.1) is 10.2 Å². The van der Waals surface area contributed by atoms with Crippen LogP contribution < -0.4 is 15.4 Å². The molecule has 31 heavy (non-hydrogen) atoms. The van der Waals surface area contributed by atoms with Gasteiger partial charge < -0.3 is 29.4 Å². The molecule has 2 N–H and O–H groups in total. The van der Waals surface area contributed by atoms with Crippen molar-refractivity contribution >= 4 is 11.6 Å². The quantitative estimate of drug-likeness (QED) is 0.304. The highest BCUT2D eigenvalue weighted by Crippen LogP contribution is 2.17. The van der Waals surface area contributed by atoms with E-state index in [2.05, 4.69) is 25.4 Å². The average Bonchev–Trinajstić information content (AvgIpc) is 3.36. The van der Waals surface area contributed by atoms with Crippen LogP contribution in [0.4, 0.5) is 5.69 Å². The predicted octanol–water partition coefficient (Wildman–Crippen LogP) is 2.62. The van der Waals surface area contributed by atoms with Crippen LogP contribution >= 0.6 is 0 Å². The molecular weight excluding hydrogens is 396 g/mol. The van der Waals surface area contributed by atoms with Crippen molar-refractivity contribution in [3.05, 3.63) is 35.9 Å². The highest BCUT2D eigenvalue weighted by Gasteiger charge is 2.16. The van der Waals surface area contributed by atoms with E-state index in [0.29, 0.717) is 32.3 Å². The zero-order valence-electron chi connectivity index (χ0n) is 18.8. The van der Waals surface area contributed by atoms with E-state index in [9.17, 15) is 0 Å². The Morgan fingerprint density at radius 3 is 2.77 bits per heavy atom. The van der Waals surface area contributed by atoms with Crippen molar-refractivity contribution in [1.29, 1.82) is 0 Å². The molecule has 9 heteroatoms. The number of hydrogen-bond donors (Lipinski definition) is 2. The molecule has 9 nitrogen and oxygen atoms in total. The number of nitrogens with zero attached hydrogens (tertiary/aromatic N) is 4. The summed E-state index contributed by atoms with van der Waals surface area (Å²) >= 11 is 0. The second kappa shape index (κ2) is 12.3.